The van der Waals surface area contributed by atoms with Crippen LogP contribution < -0.4 is 43.5 Å². The second-order valence-electron chi connectivity index (χ2n) is 21.8. The SMILES string of the molecule is CCCCCCCCCCCCCCOCC(CNC(=O)CC[C@H](NC(=O)CCOCCOCCNC(=O)/C=C/C(=O)N(CC(N)=O)NC(=O)[C@H](C)NC(=O)[C@H](C)NC(=O)OCc1ccccc1)C(N)=O)OCCCCCCCCCCCCCC. The van der Waals surface area contributed by atoms with Crippen LogP contribution in [0.15, 0.2) is 42.5 Å². The van der Waals surface area contributed by atoms with Gasteiger partial charge in [-0.15, -0.1) is 0 Å². The minimum absolute atomic E-state index is 0.00408. The number of benzene rings is 1. The van der Waals surface area contributed by atoms with Crippen LogP contribution in [0.5, 0.6) is 0 Å². The predicted octanol–water partition coefficient (Wildman–Crippen LogP) is 6.92. The Morgan fingerprint density at radius 2 is 1.08 bits per heavy atom. The lowest BCUT2D eigenvalue weighted by atomic mass is 10.1. The summed E-state index contributed by atoms with van der Waals surface area (Å²) in [5, 5.41) is 13.3. The van der Waals surface area contributed by atoms with Crippen molar-refractivity contribution in [3.63, 3.8) is 0 Å². The first-order chi connectivity index (χ1) is 41.6. The molecule has 0 aromatic heterocycles. The molecule has 1 unspecified atom stereocenters. The minimum Gasteiger partial charge on any atom is -0.445 e. The van der Waals surface area contributed by atoms with E-state index in [4.69, 9.17) is 35.2 Å². The highest BCUT2D eigenvalue weighted by Crippen LogP contribution is 2.14. The Morgan fingerprint density at radius 1 is 0.547 bits per heavy atom. The molecule has 23 heteroatoms. The third kappa shape index (κ3) is 45.2. The number of nitrogens with two attached hydrogens (primary N) is 2. The van der Waals surface area contributed by atoms with Gasteiger partial charge in [-0.25, -0.2) is 9.80 Å². The number of carbonyl (C=O) groups is 9. The molecule has 86 heavy (non-hydrogen) atoms. The van der Waals surface area contributed by atoms with Gasteiger partial charge in [0.05, 0.1) is 39.1 Å². The van der Waals surface area contributed by atoms with Crippen LogP contribution in [0, 0.1) is 0 Å². The number of hydrogen-bond donors (Lipinski definition) is 8. The summed E-state index contributed by atoms with van der Waals surface area (Å²) in [5.74, 6) is -5.88. The van der Waals surface area contributed by atoms with Gasteiger partial charge in [-0.3, -0.25) is 43.8 Å². The number of alkyl carbamates (subject to hydrolysis) is 1. The number of hydrazine groups is 1. The quantitative estimate of drug-likeness (QED) is 0.0187. The summed E-state index contributed by atoms with van der Waals surface area (Å²) in [6, 6.07) is 5.46. The fourth-order valence-electron chi connectivity index (χ4n) is 8.76. The average molecular weight is 1220 g/mol. The van der Waals surface area contributed by atoms with Crippen LogP contribution in [0.1, 0.15) is 207 Å². The summed E-state index contributed by atoms with van der Waals surface area (Å²) in [4.78, 5) is 112. The van der Waals surface area contributed by atoms with E-state index in [1.54, 1.807) is 24.3 Å². The van der Waals surface area contributed by atoms with Crippen molar-refractivity contribution in [3.8, 4) is 0 Å². The zero-order valence-corrected chi connectivity index (χ0v) is 52.5. The number of amides is 9. The molecule has 4 atom stereocenters. The lowest BCUT2D eigenvalue weighted by Gasteiger charge is -2.24. The number of rotatable bonds is 55. The van der Waals surface area contributed by atoms with Gasteiger partial charge < -0.3 is 61.7 Å². The molecule has 23 nitrogen and oxygen atoms in total. The molecular formula is C63H109N9O14. The maximum absolute atomic E-state index is 13.0. The van der Waals surface area contributed by atoms with Crippen molar-refractivity contribution in [3.05, 3.63) is 48.0 Å². The predicted molar refractivity (Wildman–Crippen MR) is 330 cm³/mol. The Morgan fingerprint density at radius 3 is 1.64 bits per heavy atom. The topological polar surface area (TPSA) is 327 Å². The van der Waals surface area contributed by atoms with Gasteiger partial charge in [-0.05, 0) is 38.7 Å². The van der Waals surface area contributed by atoms with Crippen molar-refractivity contribution in [2.24, 2.45) is 11.5 Å². The number of nitrogens with one attached hydrogen (secondary N) is 6. The Bertz CT molecular complexity index is 2050. The summed E-state index contributed by atoms with van der Waals surface area (Å²) < 4.78 is 28.3. The molecular weight excluding hydrogens is 1110 g/mol. The van der Waals surface area contributed by atoms with Gasteiger partial charge in [-0.1, -0.05) is 185 Å². The Labute approximate surface area is 512 Å². The molecule has 490 valence electrons. The van der Waals surface area contributed by atoms with Crippen LogP contribution in [0.2, 0.25) is 0 Å². The van der Waals surface area contributed by atoms with Gasteiger partial charge >= 0.3 is 6.09 Å². The highest BCUT2D eigenvalue weighted by atomic mass is 16.5. The van der Waals surface area contributed by atoms with Crippen molar-refractivity contribution in [2.45, 2.75) is 232 Å². The number of primary amides is 2. The van der Waals surface area contributed by atoms with Crippen LogP contribution in [-0.2, 0) is 68.6 Å². The molecule has 10 N–H and O–H groups in total. The molecule has 1 aromatic carbocycles. The van der Waals surface area contributed by atoms with Gasteiger partial charge in [0.25, 0.3) is 11.8 Å². The molecule has 0 saturated heterocycles. The molecule has 0 spiro atoms. The summed E-state index contributed by atoms with van der Waals surface area (Å²) in [5.41, 5.74) is 13.8. The van der Waals surface area contributed by atoms with Crippen molar-refractivity contribution < 1.29 is 66.8 Å². The minimum atomic E-state index is -1.25. The van der Waals surface area contributed by atoms with E-state index in [1.165, 1.54) is 142 Å². The smallest absolute Gasteiger partial charge is 0.408 e. The van der Waals surface area contributed by atoms with Crippen molar-refractivity contribution in [1.29, 1.82) is 0 Å². The highest BCUT2D eigenvalue weighted by molar-refractivity contribution is 5.99. The fraction of sp³-hybridized carbons (Fsp3) is 0.730. The maximum atomic E-state index is 13.0. The van der Waals surface area contributed by atoms with E-state index < -0.39 is 72.1 Å². The Hall–Kier alpha value is -6.17. The van der Waals surface area contributed by atoms with E-state index in [9.17, 15) is 43.2 Å². The summed E-state index contributed by atoms with van der Waals surface area (Å²) in [7, 11) is 0. The van der Waals surface area contributed by atoms with Gasteiger partial charge in [0, 0.05) is 51.3 Å². The first-order valence-electron chi connectivity index (χ1n) is 31.9. The largest absolute Gasteiger partial charge is 0.445 e. The van der Waals surface area contributed by atoms with Gasteiger partial charge in [-0.2, -0.15) is 0 Å². The monoisotopic (exact) mass is 1220 g/mol. The van der Waals surface area contributed by atoms with E-state index in [0.717, 1.165) is 43.4 Å². The van der Waals surface area contributed by atoms with Crippen molar-refractivity contribution in [1.82, 2.24) is 37.0 Å². The number of nitrogens with zero attached hydrogens (tertiary/aromatic N) is 1. The van der Waals surface area contributed by atoms with E-state index >= 15 is 0 Å². The molecule has 0 aliphatic heterocycles. The molecule has 0 bridgehead atoms. The van der Waals surface area contributed by atoms with E-state index in [1.807, 2.05) is 6.07 Å². The van der Waals surface area contributed by atoms with Crippen LogP contribution >= 0.6 is 0 Å². The number of hydrogen-bond acceptors (Lipinski definition) is 14. The lowest BCUT2D eigenvalue weighted by Crippen LogP contribution is -2.56. The maximum Gasteiger partial charge on any atom is 0.408 e. The number of carbonyl (C=O) groups excluding carboxylic acids is 9. The van der Waals surface area contributed by atoms with E-state index in [2.05, 4.69) is 45.9 Å². The van der Waals surface area contributed by atoms with Crippen LogP contribution in [0.4, 0.5) is 4.79 Å². The zero-order chi connectivity index (χ0) is 63.3. The highest BCUT2D eigenvalue weighted by Gasteiger charge is 2.25. The van der Waals surface area contributed by atoms with Crippen molar-refractivity contribution in [2.75, 3.05) is 65.9 Å². The molecule has 9 amide bonds. The molecule has 0 saturated carbocycles. The van der Waals surface area contributed by atoms with Crippen LogP contribution in [0.25, 0.3) is 0 Å². The number of unbranched alkanes of at least 4 members (excludes halogenated alkanes) is 22. The Balaban J connectivity index is 2.40. The lowest BCUT2D eigenvalue weighted by molar-refractivity contribution is -0.142. The second-order valence-corrected chi connectivity index (χ2v) is 21.8. The van der Waals surface area contributed by atoms with Gasteiger partial charge in [0.2, 0.25) is 35.4 Å². The van der Waals surface area contributed by atoms with Gasteiger partial charge in [0.15, 0.2) is 0 Å². The molecule has 1 aromatic rings. The molecule has 0 heterocycles. The third-order valence-corrected chi connectivity index (χ3v) is 13.9. The average Bonchev–Trinajstić information content (AvgIpc) is 3.70. The molecule has 0 fully saturated rings. The van der Waals surface area contributed by atoms with Crippen LogP contribution in [0.3, 0.4) is 0 Å². The summed E-state index contributed by atoms with van der Waals surface area (Å²) in [6.45, 7) is 8.54. The summed E-state index contributed by atoms with van der Waals surface area (Å²) in [6.07, 6.45) is 30.6. The van der Waals surface area contributed by atoms with Gasteiger partial charge in [0.1, 0.15) is 31.3 Å². The Kier molecular flexibility index (Phi) is 48.1. The van der Waals surface area contributed by atoms with E-state index in [0.29, 0.717) is 24.8 Å². The first-order valence-corrected chi connectivity index (χ1v) is 31.9. The molecule has 0 aliphatic rings. The fourth-order valence-corrected chi connectivity index (χ4v) is 8.76. The third-order valence-electron chi connectivity index (χ3n) is 13.9. The van der Waals surface area contributed by atoms with Crippen LogP contribution in [-0.4, -0.2) is 148 Å². The first kappa shape index (κ1) is 77.8. The standard InChI is InChI=1S/C63H109N9O14/c1-5-7-9-11-13-15-17-19-21-23-25-30-40-84-49-53(85-41-31-26-24-22-20-18-16-14-12-10-8-6-2)46-67-57(75)35-34-54(60(65)78)70-58(76)38-42-82-44-45-83-43-39-66-56(74)36-37-59(77)72(47-55(64)73)71-62(80)51(4)68-61(79)50(3)69-63(81)86-48-52-32-28-27-29-33-52/h27-29,32-33,36-37,50-51,53-54H,5-26,30-31,34-35,38-49H2,1-4H3,(H2,64,73)(H2,65,78)(H,66,74)(H,67,75)(H,68,79)(H,69,81)(H,70,76)(H,71,80)/b37-36+/t50-,51-,53?,54-/m0/s1. The number of ether oxygens (including phenoxy) is 5. The summed E-state index contributed by atoms with van der Waals surface area (Å²) >= 11 is 0. The molecule has 0 radical (unpaired) electrons. The second kappa shape index (κ2) is 53.1. The van der Waals surface area contributed by atoms with E-state index in [-0.39, 0.29) is 77.4 Å². The molecule has 1 rings (SSSR count). The van der Waals surface area contributed by atoms with Crippen molar-refractivity contribution >= 4 is 53.4 Å². The molecule has 0 aliphatic carbocycles. The zero-order valence-electron chi connectivity index (χ0n) is 52.5. The normalized spacial score (nSPS) is 12.6.